The quantitative estimate of drug-likeness (QED) is 0.707. The van der Waals surface area contributed by atoms with Crippen molar-refractivity contribution in [3.05, 3.63) is 41.7 Å². The summed E-state index contributed by atoms with van der Waals surface area (Å²) < 4.78 is 26.3. The van der Waals surface area contributed by atoms with E-state index in [1.165, 1.54) is 13.1 Å². The number of anilines is 2. The average Bonchev–Trinajstić information content (AvgIpc) is 2.93. The molecule has 3 aromatic heterocycles. The summed E-state index contributed by atoms with van der Waals surface area (Å²) in [5, 5.41) is 4.52. The Labute approximate surface area is 136 Å². The number of hydrogen-bond donors (Lipinski definition) is 2. The highest BCUT2D eigenvalue weighted by Crippen LogP contribution is 2.24. The van der Waals surface area contributed by atoms with E-state index in [1.54, 1.807) is 25.5 Å². The van der Waals surface area contributed by atoms with Crippen LogP contribution in [0.25, 0.3) is 10.8 Å². The second kappa shape index (κ2) is 6.12. The molecule has 0 fully saturated rings. The Morgan fingerprint density at radius 3 is 2.67 bits per heavy atom. The van der Waals surface area contributed by atoms with Gasteiger partial charge in [-0.05, 0) is 18.9 Å². The molecule has 0 unspecified atom stereocenters. The van der Waals surface area contributed by atoms with Crippen molar-refractivity contribution in [1.82, 2.24) is 19.5 Å². The standard InChI is InChI=1S/C16H14F2N6/c1-9-23-11(8-24(9)16(17)18)4-3-10-6-22-15(20-2)13-7-21-14(19)5-12(10)13/h5-8,16H,1-2H3,(H2,19,21)(H,20,22). The number of nitrogens with zero attached hydrogens (tertiary/aromatic N) is 4. The number of nitrogens with two attached hydrogens (primary N) is 1. The first kappa shape index (κ1) is 15.7. The maximum atomic E-state index is 12.8. The number of aromatic nitrogens is 4. The van der Waals surface area contributed by atoms with E-state index < -0.39 is 6.55 Å². The minimum Gasteiger partial charge on any atom is -0.384 e. The lowest BCUT2D eigenvalue weighted by Crippen LogP contribution is -1.98. The molecular weight excluding hydrogens is 314 g/mol. The van der Waals surface area contributed by atoms with Gasteiger partial charge in [0.15, 0.2) is 0 Å². The zero-order valence-corrected chi connectivity index (χ0v) is 13.0. The molecule has 0 saturated heterocycles. The van der Waals surface area contributed by atoms with E-state index in [2.05, 4.69) is 32.1 Å². The Kier molecular flexibility index (Phi) is 4.00. The molecule has 3 rings (SSSR count). The lowest BCUT2D eigenvalue weighted by molar-refractivity contribution is 0.0679. The van der Waals surface area contributed by atoms with Crippen molar-refractivity contribution < 1.29 is 8.78 Å². The van der Waals surface area contributed by atoms with E-state index in [0.717, 1.165) is 15.3 Å². The molecule has 0 aliphatic heterocycles. The maximum absolute atomic E-state index is 12.8. The Bertz CT molecular complexity index is 968. The average molecular weight is 328 g/mol. The number of rotatable bonds is 2. The topological polar surface area (TPSA) is 81.7 Å². The molecule has 0 aromatic carbocycles. The number of aryl methyl sites for hydroxylation is 1. The zero-order chi connectivity index (χ0) is 17.3. The van der Waals surface area contributed by atoms with Gasteiger partial charge < -0.3 is 11.1 Å². The van der Waals surface area contributed by atoms with Crippen LogP contribution in [0.3, 0.4) is 0 Å². The molecule has 6 nitrogen and oxygen atoms in total. The van der Waals surface area contributed by atoms with Gasteiger partial charge >= 0.3 is 6.55 Å². The van der Waals surface area contributed by atoms with Gasteiger partial charge in [-0.2, -0.15) is 8.78 Å². The van der Waals surface area contributed by atoms with Crippen molar-refractivity contribution >= 4 is 22.4 Å². The summed E-state index contributed by atoms with van der Waals surface area (Å²) in [4.78, 5) is 12.4. The third kappa shape index (κ3) is 2.84. The minimum absolute atomic E-state index is 0.205. The first-order valence-corrected chi connectivity index (χ1v) is 7.07. The Morgan fingerprint density at radius 2 is 2.00 bits per heavy atom. The fourth-order valence-electron chi connectivity index (χ4n) is 2.33. The van der Waals surface area contributed by atoms with Crippen LogP contribution in [0.15, 0.2) is 24.7 Å². The van der Waals surface area contributed by atoms with Crippen LogP contribution in [0.2, 0.25) is 0 Å². The monoisotopic (exact) mass is 328 g/mol. The van der Waals surface area contributed by atoms with Crippen molar-refractivity contribution in [3.8, 4) is 11.8 Å². The molecule has 3 N–H and O–H groups in total. The van der Waals surface area contributed by atoms with Crippen molar-refractivity contribution in [2.75, 3.05) is 18.1 Å². The van der Waals surface area contributed by atoms with E-state index in [-0.39, 0.29) is 11.5 Å². The number of alkyl halides is 2. The normalized spacial score (nSPS) is 10.7. The van der Waals surface area contributed by atoms with Crippen LogP contribution >= 0.6 is 0 Å². The van der Waals surface area contributed by atoms with E-state index in [9.17, 15) is 8.78 Å². The minimum atomic E-state index is -2.64. The molecule has 0 bridgehead atoms. The van der Waals surface area contributed by atoms with Crippen molar-refractivity contribution in [3.63, 3.8) is 0 Å². The molecule has 0 aliphatic rings. The molecule has 3 aromatic rings. The van der Waals surface area contributed by atoms with Gasteiger partial charge in [-0.25, -0.2) is 15.0 Å². The van der Waals surface area contributed by atoms with E-state index >= 15 is 0 Å². The van der Waals surface area contributed by atoms with Crippen LogP contribution in [0, 0.1) is 18.8 Å². The van der Waals surface area contributed by atoms with Crippen LogP contribution in [-0.4, -0.2) is 26.6 Å². The number of halogens is 2. The third-order valence-corrected chi connectivity index (χ3v) is 3.48. The first-order valence-electron chi connectivity index (χ1n) is 7.07. The third-order valence-electron chi connectivity index (χ3n) is 3.48. The zero-order valence-electron chi connectivity index (χ0n) is 13.0. The summed E-state index contributed by atoms with van der Waals surface area (Å²) >= 11 is 0. The number of hydrogen-bond acceptors (Lipinski definition) is 5. The van der Waals surface area contributed by atoms with Crippen LogP contribution < -0.4 is 11.1 Å². The molecule has 0 amide bonds. The SMILES string of the molecule is CNc1ncc(C#Cc2cn(C(F)F)c(C)n2)c2cc(N)ncc12. The Hall–Kier alpha value is -3.21. The van der Waals surface area contributed by atoms with Gasteiger partial charge in [-0.1, -0.05) is 5.92 Å². The highest BCUT2D eigenvalue weighted by atomic mass is 19.3. The van der Waals surface area contributed by atoms with Crippen molar-refractivity contribution in [1.29, 1.82) is 0 Å². The second-order valence-corrected chi connectivity index (χ2v) is 5.03. The number of pyridine rings is 2. The fourth-order valence-corrected chi connectivity index (χ4v) is 2.33. The smallest absolute Gasteiger partial charge is 0.319 e. The Morgan fingerprint density at radius 1 is 1.21 bits per heavy atom. The number of imidazole rings is 1. The molecule has 0 atom stereocenters. The lowest BCUT2D eigenvalue weighted by atomic mass is 10.1. The Balaban J connectivity index is 2.09. The summed E-state index contributed by atoms with van der Waals surface area (Å²) in [6.07, 6.45) is 4.43. The number of fused-ring (bicyclic) bond motifs is 1. The molecular formula is C16H14F2N6. The molecule has 24 heavy (non-hydrogen) atoms. The fraction of sp³-hybridized carbons (Fsp3) is 0.188. The molecule has 8 heteroatoms. The summed E-state index contributed by atoms with van der Waals surface area (Å²) in [5.74, 6) is 6.92. The van der Waals surface area contributed by atoms with Gasteiger partial charge in [-0.15, -0.1) is 0 Å². The highest BCUT2D eigenvalue weighted by Gasteiger charge is 2.11. The van der Waals surface area contributed by atoms with E-state index in [0.29, 0.717) is 17.2 Å². The number of nitrogens with one attached hydrogen (secondary N) is 1. The van der Waals surface area contributed by atoms with Gasteiger partial charge in [0.2, 0.25) is 0 Å². The molecule has 0 saturated carbocycles. The number of nitrogen functional groups attached to an aromatic ring is 1. The predicted molar refractivity (Wildman–Crippen MR) is 87.7 cm³/mol. The summed E-state index contributed by atoms with van der Waals surface area (Å²) in [6, 6.07) is 1.70. The highest BCUT2D eigenvalue weighted by molar-refractivity contribution is 5.96. The molecule has 3 heterocycles. The van der Waals surface area contributed by atoms with Gasteiger partial charge in [0, 0.05) is 36.4 Å². The van der Waals surface area contributed by atoms with Crippen LogP contribution in [0.1, 0.15) is 23.6 Å². The van der Waals surface area contributed by atoms with Gasteiger partial charge in [0.25, 0.3) is 0 Å². The van der Waals surface area contributed by atoms with Gasteiger partial charge in [0.05, 0.1) is 5.56 Å². The summed E-state index contributed by atoms with van der Waals surface area (Å²) in [5.41, 5.74) is 6.63. The maximum Gasteiger partial charge on any atom is 0.319 e. The molecule has 0 spiro atoms. The van der Waals surface area contributed by atoms with E-state index in [4.69, 9.17) is 5.73 Å². The second-order valence-electron chi connectivity index (χ2n) is 5.03. The summed E-state index contributed by atoms with van der Waals surface area (Å²) in [6.45, 7) is -1.14. The molecule has 0 radical (unpaired) electrons. The molecule has 122 valence electrons. The summed E-state index contributed by atoms with van der Waals surface area (Å²) in [7, 11) is 1.75. The van der Waals surface area contributed by atoms with Crippen LogP contribution in [-0.2, 0) is 0 Å². The van der Waals surface area contributed by atoms with Crippen LogP contribution in [0.4, 0.5) is 20.4 Å². The lowest BCUT2D eigenvalue weighted by Gasteiger charge is -2.06. The largest absolute Gasteiger partial charge is 0.384 e. The van der Waals surface area contributed by atoms with Gasteiger partial charge in [-0.3, -0.25) is 4.57 Å². The first-order chi connectivity index (χ1) is 11.5. The van der Waals surface area contributed by atoms with Gasteiger partial charge in [0.1, 0.15) is 23.2 Å². The van der Waals surface area contributed by atoms with E-state index in [1.807, 2.05) is 0 Å². The van der Waals surface area contributed by atoms with Crippen LogP contribution in [0.5, 0.6) is 0 Å². The molecule has 0 aliphatic carbocycles. The van der Waals surface area contributed by atoms with Crippen molar-refractivity contribution in [2.45, 2.75) is 13.5 Å². The predicted octanol–water partition coefficient (Wildman–Crippen LogP) is 2.55. The van der Waals surface area contributed by atoms with Crippen molar-refractivity contribution in [2.24, 2.45) is 0 Å².